The molecule has 0 unspecified atom stereocenters. The minimum absolute atomic E-state index is 0.139. The van der Waals surface area contributed by atoms with Crippen LogP contribution in [0.4, 0.5) is 10.1 Å². The van der Waals surface area contributed by atoms with Crippen molar-refractivity contribution in [2.45, 2.75) is 4.90 Å². The van der Waals surface area contributed by atoms with Crippen LogP contribution < -0.4 is 10.5 Å². The Balaban J connectivity index is 3.05. The van der Waals surface area contributed by atoms with E-state index in [4.69, 9.17) is 11.6 Å². The van der Waals surface area contributed by atoms with E-state index < -0.39 is 15.8 Å². The van der Waals surface area contributed by atoms with Crippen molar-refractivity contribution in [2.75, 3.05) is 11.9 Å². The molecule has 0 spiro atoms. The molecule has 0 fully saturated rings. The monoisotopic (exact) mass is 228 g/mol. The van der Waals surface area contributed by atoms with Gasteiger partial charge in [-0.3, -0.25) is 0 Å². The molecule has 1 rings (SSSR count). The fourth-order valence-corrected chi connectivity index (χ4v) is 1.49. The number of nitrogens with two attached hydrogens (primary N) is 1. The van der Waals surface area contributed by atoms with Crippen molar-refractivity contribution in [3.63, 3.8) is 0 Å². The van der Waals surface area contributed by atoms with E-state index in [0.717, 1.165) is 6.07 Å². The van der Waals surface area contributed by atoms with Crippen molar-refractivity contribution >= 4 is 15.7 Å². The molecule has 0 heterocycles. The number of anilines is 1. The van der Waals surface area contributed by atoms with Gasteiger partial charge in [0.2, 0.25) is 10.0 Å². The first kappa shape index (κ1) is 11.5. The average Bonchev–Trinajstić information content (AvgIpc) is 2.14. The highest BCUT2D eigenvalue weighted by molar-refractivity contribution is 7.89. The van der Waals surface area contributed by atoms with E-state index in [1.807, 2.05) is 0 Å². The maximum Gasteiger partial charge on any atom is 0.238 e. The van der Waals surface area contributed by atoms with Gasteiger partial charge in [0.25, 0.3) is 0 Å². The number of halogens is 1. The van der Waals surface area contributed by atoms with Crippen molar-refractivity contribution in [2.24, 2.45) is 5.14 Å². The Morgan fingerprint density at radius 1 is 1.53 bits per heavy atom. The van der Waals surface area contributed by atoms with Crippen LogP contribution in [0.1, 0.15) is 0 Å². The van der Waals surface area contributed by atoms with E-state index >= 15 is 0 Å². The predicted octanol–water partition coefficient (Wildman–Crippen LogP) is 0.518. The van der Waals surface area contributed by atoms with Crippen molar-refractivity contribution in [1.82, 2.24) is 0 Å². The Hall–Kier alpha value is -1.58. The highest BCUT2D eigenvalue weighted by atomic mass is 32.2. The van der Waals surface area contributed by atoms with E-state index in [2.05, 4.69) is 11.2 Å². The quantitative estimate of drug-likeness (QED) is 0.741. The molecule has 1 aromatic rings. The first-order valence-electron chi connectivity index (χ1n) is 3.95. The fourth-order valence-electron chi connectivity index (χ4n) is 0.962. The molecular weight excluding hydrogens is 219 g/mol. The zero-order valence-corrected chi connectivity index (χ0v) is 8.51. The molecule has 3 N–H and O–H groups in total. The van der Waals surface area contributed by atoms with E-state index in [0.29, 0.717) is 0 Å². The van der Waals surface area contributed by atoms with Gasteiger partial charge in [0.15, 0.2) is 0 Å². The second-order valence-electron chi connectivity index (χ2n) is 2.74. The largest absolute Gasteiger partial charge is 0.372 e. The van der Waals surface area contributed by atoms with Crippen molar-refractivity contribution in [3.05, 3.63) is 24.0 Å². The Bertz CT molecular complexity index is 505. The molecule has 0 saturated heterocycles. The molecular formula is C9H9FN2O2S. The van der Waals surface area contributed by atoms with Crippen LogP contribution in [0.5, 0.6) is 0 Å². The normalized spacial score (nSPS) is 10.7. The van der Waals surface area contributed by atoms with Gasteiger partial charge in [0.1, 0.15) is 5.82 Å². The molecule has 4 nitrogen and oxygen atoms in total. The molecule has 80 valence electrons. The number of benzene rings is 1. The number of primary sulfonamides is 1. The Labute approximate surface area is 87.3 Å². The summed E-state index contributed by atoms with van der Waals surface area (Å²) in [6, 6.07) is 3.32. The molecule has 0 radical (unpaired) electrons. The summed E-state index contributed by atoms with van der Waals surface area (Å²) < 4.78 is 35.0. The lowest BCUT2D eigenvalue weighted by Crippen LogP contribution is -2.12. The van der Waals surface area contributed by atoms with Crippen LogP contribution in [0.3, 0.4) is 0 Å². The molecule has 0 amide bonds. The zero-order valence-electron chi connectivity index (χ0n) is 7.70. The third-order valence-electron chi connectivity index (χ3n) is 1.65. The van der Waals surface area contributed by atoms with Crippen LogP contribution in [0.25, 0.3) is 0 Å². The third-order valence-corrected chi connectivity index (χ3v) is 2.56. The molecule has 0 aliphatic rings. The average molecular weight is 228 g/mol. The van der Waals surface area contributed by atoms with Crippen molar-refractivity contribution in [1.29, 1.82) is 0 Å². The summed E-state index contributed by atoms with van der Waals surface area (Å²) in [6.45, 7) is 0.158. The fraction of sp³-hybridized carbons (Fsp3) is 0.111. The number of nitrogens with one attached hydrogen (secondary N) is 1. The molecule has 1 aromatic carbocycles. The lowest BCUT2D eigenvalue weighted by molar-refractivity contribution is 0.593. The van der Waals surface area contributed by atoms with Crippen LogP contribution in [-0.2, 0) is 10.0 Å². The zero-order chi connectivity index (χ0) is 11.5. The van der Waals surface area contributed by atoms with Crippen LogP contribution >= 0.6 is 0 Å². The van der Waals surface area contributed by atoms with Gasteiger partial charge in [0.05, 0.1) is 17.1 Å². The highest BCUT2D eigenvalue weighted by Crippen LogP contribution is 2.17. The second-order valence-corrected chi connectivity index (χ2v) is 4.31. The Morgan fingerprint density at radius 2 is 2.20 bits per heavy atom. The van der Waals surface area contributed by atoms with E-state index in [9.17, 15) is 12.8 Å². The summed E-state index contributed by atoms with van der Waals surface area (Å²) in [5.41, 5.74) is 0.139. The van der Waals surface area contributed by atoms with Crippen molar-refractivity contribution < 1.29 is 12.8 Å². The molecule has 6 heteroatoms. The lowest BCUT2D eigenvalue weighted by atomic mass is 10.3. The number of rotatable bonds is 3. The van der Waals surface area contributed by atoms with Crippen LogP contribution in [-0.4, -0.2) is 15.0 Å². The first-order valence-corrected chi connectivity index (χ1v) is 5.49. The van der Waals surface area contributed by atoms with Crippen LogP contribution in [0.2, 0.25) is 0 Å². The SMILES string of the molecule is C#CCNc1ccc(S(N)(=O)=O)cc1F. The molecule has 0 bridgehead atoms. The number of hydrogen-bond acceptors (Lipinski definition) is 3. The van der Waals surface area contributed by atoms with Gasteiger partial charge in [-0.25, -0.2) is 17.9 Å². The van der Waals surface area contributed by atoms with Gasteiger partial charge in [-0.1, -0.05) is 5.92 Å². The predicted molar refractivity (Wildman–Crippen MR) is 55.1 cm³/mol. The summed E-state index contributed by atoms with van der Waals surface area (Å²) in [6.07, 6.45) is 4.97. The lowest BCUT2D eigenvalue weighted by Gasteiger charge is -2.05. The molecule has 0 atom stereocenters. The summed E-state index contributed by atoms with van der Waals surface area (Å²) in [7, 11) is -3.87. The summed E-state index contributed by atoms with van der Waals surface area (Å²) in [5.74, 6) is 1.56. The van der Waals surface area contributed by atoms with Crippen molar-refractivity contribution in [3.8, 4) is 12.3 Å². The van der Waals surface area contributed by atoms with Gasteiger partial charge in [-0.15, -0.1) is 6.42 Å². The maximum absolute atomic E-state index is 13.3. The molecule has 0 aromatic heterocycles. The maximum atomic E-state index is 13.3. The van der Waals surface area contributed by atoms with E-state index in [-0.39, 0.29) is 17.1 Å². The topological polar surface area (TPSA) is 72.2 Å². The highest BCUT2D eigenvalue weighted by Gasteiger charge is 2.10. The van der Waals surface area contributed by atoms with Gasteiger partial charge in [-0.2, -0.15) is 0 Å². The number of sulfonamides is 1. The van der Waals surface area contributed by atoms with E-state index in [1.54, 1.807) is 0 Å². The summed E-state index contributed by atoms with van der Waals surface area (Å²) in [4.78, 5) is -0.272. The smallest absolute Gasteiger partial charge is 0.238 e. The minimum Gasteiger partial charge on any atom is -0.372 e. The van der Waals surface area contributed by atoms with E-state index in [1.165, 1.54) is 12.1 Å². The third kappa shape index (κ3) is 2.94. The summed E-state index contributed by atoms with van der Waals surface area (Å²) >= 11 is 0. The van der Waals surface area contributed by atoms with Crippen LogP contribution in [0.15, 0.2) is 23.1 Å². The van der Waals surface area contributed by atoms with Gasteiger partial charge >= 0.3 is 0 Å². The molecule has 0 saturated carbocycles. The summed E-state index contributed by atoms with van der Waals surface area (Å²) in [5, 5.41) is 7.42. The standard InChI is InChI=1S/C9H9FN2O2S/c1-2-5-12-9-4-3-7(6-8(9)10)15(11,13)14/h1,3-4,6,12H,5H2,(H2,11,13,14). The molecule has 0 aliphatic carbocycles. The first-order chi connectivity index (χ1) is 6.95. The number of terminal acetylenes is 1. The second kappa shape index (κ2) is 4.29. The van der Waals surface area contributed by atoms with Gasteiger partial charge in [0, 0.05) is 0 Å². The molecule has 0 aliphatic heterocycles. The van der Waals surface area contributed by atoms with Crippen LogP contribution in [0, 0.1) is 18.2 Å². The number of hydrogen-bond donors (Lipinski definition) is 2. The Kier molecular flexibility index (Phi) is 3.29. The molecule has 15 heavy (non-hydrogen) atoms. The minimum atomic E-state index is -3.87. The van der Waals surface area contributed by atoms with Gasteiger partial charge in [-0.05, 0) is 18.2 Å². The van der Waals surface area contributed by atoms with Gasteiger partial charge < -0.3 is 5.32 Å². The Morgan fingerprint density at radius 3 is 2.67 bits per heavy atom.